The first-order valence-electron chi connectivity index (χ1n) is 5.87. The van der Waals surface area contributed by atoms with E-state index in [-0.39, 0.29) is 18.2 Å². The van der Waals surface area contributed by atoms with E-state index in [4.69, 9.17) is 10.5 Å². The van der Waals surface area contributed by atoms with Crippen LogP contribution in [0, 0.1) is 0 Å². The summed E-state index contributed by atoms with van der Waals surface area (Å²) in [6.45, 7) is 3.98. The molecule has 0 aliphatic heterocycles. The molecule has 0 spiro atoms. The Hall–Kier alpha value is -1.49. The lowest BCUT2D eigenvalue weighted by Crippen LogP contribution is -2.26. The molecule has 1 saturated carbocycles. The summed E-state index contributed by atoms with van der Waals surface area (Å²) >= 11 is 0. The zero-order chi connectivity index (χ0) is 12.5. The summed E-state index contributed by atoms with van der Waals surface area (Å²) in [7, 11) is 0. The second-order valence-electron chi connectivity index (χ2n) is 4.82. The minimum Gasteiger partial charge on any atom is -0.473 e. The van der Waals surface area contributed by atoms with Crippen molar-refractivity contribution in [2.75, 3.05) is 17.7 Å². The molecule has 0 atom stereocenters. The number of aromatic nitrogens is 1. The van der Waals surface area contributed by atoms with Crippen molar-refractivity contribution in [2.24, 2.45) is 0 Å². The number of nitrogen functional groups attached to an aromatic ring is 1. The van der Waals surface area contributed by atoms with E-state index in [1.807, 2.05) is 13.8 Å². The van der Waals surface area contributed by atoms with Crippen LogP contribution in [0.1, 0.15) is 26.7 Å². The van der Waals surface area contributed by atoms with Gasteiger partial charge in [-0.05, 0) is 38.8 Å². The lowest BCUT2D eigenvalue weighted by atomic mass is 10.3. The third-order valence-corrected chi connectivity index (χ3v) is 2.79. The van der Waals surface area contributed by atoms with Gasteiger partial charge in [0, 0.05) is 0 Å². The van der Waals surface area contributed by atoms with E-state index in [0.29, 0.717) is 17.4 Å². The number of ether oxygens (including phenoxy) is 1. The lowest BCUT2D eigenvalue weighted by Gasteiger charge is -2.17. The van der Waals surface area contributed by atoms with Crippen molar-refractivity contribution in [3.05, 3.63) is 12.1 Å². The van der Waals surface area contributed by atoms with Crippen molar-refractivity contribution < 1.29 is 9.84 Å². The average molecular weight is 237 g/mol. The molecular weight excluding hydrogens is 218 g/mol. The summed E-state index contributed by atoms with van der Waals surface area (Å²) in [5.41, 5.74) is 6.13. The predicted octanol–water partition coefficient (Wildman–Crippen LogP) is 1.39. The van der Waals surface area contributed by atoms with Gasteiger partial charge < -0.3 is 20.9 Å². The van der Waals surface area contributed by atoms with Crippen molar-refractivity contribution in [3.63, 3.8) is 0 Å². The molecule has 1 fully saturated rings. The lowest BCUT2D eigenvalue weighted by molar-refractivity contribution is 0.234. The zero-order valence-corrected chi connectivity index (χ0v) is 10.2. The average Bonchev–Trinajstić information content (AvgIpc) is 3.03. The Morgan fingerprint density at radius 3 is 2.76 bits per heavy atom. The fourth-order valence-electron chi connectivity index (χ4n) is 1.58. The van der Waals surface area contributed by atoms with Crippen molar-refractivity contribution >= 4 is 11.5 Å². The zero-order valence-electron chi connectivity index (χ0n) is 10.2. The minimum atomic E-state index is -0.182. The highest BCUT2D eigenvalue weighted by Gasteiger charge is 2.42. The second-order valence-corrected chi connectivity index (χ2v) is 4.82. The molecule has 94 valence electrons. The van der Waals surface area contributed by atoms with Gasteiger partial charge in [0.15, 0.2) is 0 Å². The van der Waals surface area contributed by atoms with Gasteiger partial charge in [0.1, 0.15) is 5.82 Å². The Morgan fingerprint density at radius 2 is 2.24 bits per heavy atom. The molecule has 0 aromatic carbocycles. The van der Waals surface area contributed by atoms with Gasteiger partial charge in [-0.15, -0.1) is 0 Å². The van der Waals surface area contributed by atoms with Crippen molar-refractivity contribution in [3.8, 4) is 5.88 Å². The molecule has 1 aromatic rings. The van der Waals surface area contributed by atoms with Gasteiger partial charge in [0.25, 0.3) is 0 Å². The smallest absolute Gasteiger partial charge is 0.239 e. The molecule has 0 bridgehead atoms. The Morgan fingerprint density at radius 1 is 1.53 bits per heavy atom. The Kier molecular flexibility index (Phi) is 3.11. The van der Waals surface area contributed by atoms with Crippen LogP contribution in [0.15, 0.2) is 12.1 Å². The van der Waals surface area contributed by atoms with Crippen molar-refractivity contribution in [2.45, 2.75) is 38.3 Å². The summed E-state index contributed by atoms with van der Waals surface area (Å²) in [6.07, 6.45) is 1.97. The molecular formula is C12H19N3O2. The van der Waals surface area contributed by atoms with Crippen LogP contribution in [0.4, 0.5) is 11.5 Å². The van der Waals surface area contributed by atoms with E-state index in [1.165, 1.54) is 0 Å². The van der Waals surface area contributed by atoms with E-state index in [0.717, 1.165) is 12.8 Å². The number of anilines is 2. The Labute approximate surface area is 101 Å². The maximum Gasteiger partial charge on any atom is 0.239 e. The van der Waals surface area contributed by atoms with Crippen molar-refractivity contribution in [1.29, 1.82) is 0 Å². The molecule has 0 saturated heterocycles. The Bertz CT molecular complexity index is 403. The van der Waals surface area contributed by atoms with Crippen LogP contribution in [-0.4, -0.2) is 28.3 Å². The maximum atomic E-state index is 9.24. The monoisotopic (exact) mass is 237 g/mol. The summed E-state index contributed by atoms with van der Waals surface area (Å²) in [5.74, 6) is 1.14. The molecule has 17 heavy (non-hydrogen) atoms. The number of nitrogens with one attached hydrogen (secondary N) is 1. The van der Waals surface area contributed by atoms with Crippen LogP contribution < -0.4 is 15.8 Å². The van der Waals surface area contributed by atoms with Gasteiger partial charge in [-0.2, -0.15) is 4.98 Å². The number of hydrogen-bond acceptors (Lipinski definition) is 5. The first-order valence-corrected chi connectivity index (χ1v) is 5.87. The molecule has 1 heterocycles. The fraction of sp³-hybridized carbons (Fsp3) is 0.583. The molecule has 0 unspecified atom stereocenters. The number of nitrogens with two attached hydrogens (primary N) is 1. The minimum absolute atomic E-state index is 0.0350. The number of pyridine rings is 1. The third-order valence-electron chi connectivity index (χ3n) is 2.79. The van der Waals surface area contributed by atoms with Crippen LogP contribution in [-0.2, 0) is 0 Å². The largest absolute Gasteiger partial charge is 0.473 e. The van der Waals surface area contributed by atoms with Crippen molar-refractivity contribution in [1.82, 2.24) is 4.98 Å². The number of hydrogen-bond donors (Lipinski definition) is 3. The fourth-order valence-corrected chi connectivity index (χ4v) is 1.58. The molecule has 2 rings (SSSR count). The van der Waals surface area contributed by atoms with Gasteiger partial charge in [0.2, 0.25) is 5.88 Å². The highest BCUT2D eigenvalue weighted by atomic mass is 16.5. The van der Waals surface area contributed by atoms with E-state index in [2.05, 4.69) is 10.3 Å². The molecule has 5 nitrogen and oxygen atoms in total. The van der Waals surface area contributed by atoms with Gasteiger partial charge in [-0.25, -0.2) is 0 Å². The summed E-state index contributed by atoms with van der Waals surface area (Å²) < 4.78 is 5.52. The molecule has 1 aliphatic rings. The first kappa shape index (κ1) is 12.0. The Balaban J connectivity index is 2.13. The van der Waals surface area contributed by atoms with E-state index < -0.39 is 0 Å². The molecule has 1 aliphatic carbocycles. The molecule has 4 N–H and O–H groups in total. The SMILES string of the molecule is CC(C)Oc1nc(NC2(CO)CC2)ccc1N. The highest BCUT2D eigenvalue weighted by Crippen LogP contribution is 2.38. The number of rotatable bonds is 5. The summed E-state index contributed by atoms with van der Waals surface area (Å²) in [5, 5.41) is 12.5. The van der Waals surface area contributed by atoms with Gasteiger partial charge in [0.05, 0.1) is 23.9 Å². The standard InChI is InChI=1S/C12H19N3O2/c1-8(2)17-11-9(13)3-4-10(14-11)15-12(7-16)5-6-12/h3-4,8,16H,5-7,13H2,1-2H3,(H,14,15). The van der Waals surface area contributed by atoms with Crippen LogP contribution in [0.25, 0.3) is 0 Å². The van der Waals surface area contributed by atoms with E-state index in [9.17, 15) is 5.11 Å². The van der Waals surface area contributed by atoms with Gasteiger partial charge >= 0.3 is 0 Å². The quantitative estimate of drug-likeness (QED) is 0.721. The highest BCUT2D eigenvalue weighted by molar-refractivity contribution is 5.54. The maximum absolute atomic E-state index is 9.24. The summed E-state index contributed by atoms with van der Waals surface area (Å²) in [4.78, 5) is 4.32. The van der Waals surface area contributed by atoms with Gasteiger partial charge in [-0.3, -0.25) is 0 Å². The van der Waals surface area contributed by atoms with Crippen LogP contribution in [0.5, 0.6) is 5.88 Å². The van der Waals surface area contributed by atoms with Crippen LogP contribution in [0.3, 0.4) is 0 Å². The van der Waals surface area contributed by atoms with Crippen LogP contribution >= 0.6 is 0 Å². The second kappa shape index (κ2) is 4.41. The number of aliphatic hydroxyl groups excluding tert-OH is 1. The molecule has 1 aromatic heterocycles. The van der Waals surface area contributed by atoms with Crippen LogP contribution in [0.2, 0.25) is 0 Å². The molecule has 0 amide bonds. The third kappa shape index (κ3) is 2.79. The first-order chi connectivity index (χ1) is 8.04. The van der Waals surface area contributed by atoms with E-state index in [1.54, 1.807) is 12.1 Å². The number of aliphatic hydroxyl groups is 1. The molecule has 5 heteroatoms. The summed E-state index contributed by atoms with van der Waals surface area (Å²) in [6, 6.07) is 3.57. The van der Waals surface area contributed by atoms with E-state index >= 15 is 0 Å². The number of nitrogens with zero attached hydrogens (tertiary/aromatic N) is 1. The predicted molar refractivity (Wildman–Crippen MR) is 67.1 cm³/mol. The molecule has 0 radical (unpaired) electrons. The van der Waals surface area contributed by atoms with Gasteiger partial charge in [-0.1, -0.05) is 0 Å². The topological polar surface area (TPSA) is 80.4 Å². The normalized spacial score (nSPS) is 16.9.